The zero-order valence-electron chi connectivity index (χ0n) is 10.3. The molecule has 0 unspecified atom stereocenters. The SMILES string of the molecule is N#Cc1c(Cl)cccc1OCC(=O)c1cccc(F)c1. The Bertz CT molecular complexity index is 695. The van der Waals surface area contributed by atoms with E-state index in [0.717, 1.165) is 6.07 Å². The molecule has 0 aliphatic heterocycles. The molecule has 0 bridgehead atoms. The Morgan fingerprint density at radius 2 is 2.05 bits per heavy atom. The van der Waals surface area contributed by atoms with Crippen molar-refractivity contribution in [1.82, 2.24) is 0 Å². The average Bonchev–Trinajstić information content (AvgIpc) is 2.44. The van der Waals surface area contributed by atoms with Gasteiger partial charge in [-0.05, 0) is 24.3 Å². The van der Waals surface area contributed by atoms with E-state index in [-0.39, 0.29) is 34.3 Å². The van der Waals surface area contributed by atoms with Gasteiger partial charge >= 0.3 is 0 Å². The summed E-state index contributed by atoms with van der Waals surface area (Å²) in [6.45, 7) is -0.293. The van der Waals surface area contributed by atoms with Crippen molar-refractivity contribution in [2.75, 3.05) is 6.61 Å². The molecule has 0 heterocycles. The summed E-state index contributed by atoms with van der Waals surface area (Å²) in [4.78, 5) is 11.8. The molecule has 0 fully saturated rings. The van der Waals surface area contributed by atoms with Crippen molar-refractivity contribution in [2.45, 2.75) is 0 Å². The van der Waals surface area contributed by atoms with Crippen LogP contribution in [0.5, 0.6) is 5.75 Å². The van der Waals surface area contributed by atoms with E-state index in [9.17, 15) is 9.18 Å². The summed E-state index contributed by atoms with van der Waals surface area (Å²) in [5.41, 5.74) is 0.381. The number of Topliss-reactive ketones (excluding diaryl/α,β-unsaturated/α-hetero) is 1. The molecular weight excluding hydrogens is 281 g/mol. The fraction of sp³-hybridized carbons (Fsp3) is 0.0667. The number of ether oxygens (including phenoxy) is 1. The first-order valence-electron chi connectivity index (χ1n) is 5.72. The summed E-state index contributed by atoms with van der Waals surface area (Å²) in [6.07, 6.45) is 0. The molecule has 0 aromatic heterocycles. The number of ketones is 1. The lowest BCUT2D eigenvalue weighted by molar-refractivity contribution is 0.0921. The lowest BCUT2D eigenvalue weighted by Gasteiger charge is -2.08. The molecule has 3 nitrogen and oxygen atoms in total. The van der Waals surface area contributed by atoms with Crippen molar-refractivity contribution >= 4 is 17.4 Å². The topological polar surface area (TPSA) is 50.1 Å². The van der Waals surface area contributed by atoms with Crippen molar-refractivity contribution in [1.29, 1.82) is 5.26 Å². The highest BCUT2D eigenvalue weighted by atomic mass is 35.5. The van der Waals surface area contributed by atoms with E-state index in [1.54, 1.807) is 18.2 Å². The molecular formula is C15H9ClFNO2. The molecule has 0 saturated carbocycles. The van der Waals surface area contributed by atoms with E-state index in [1.165, 1.54) is 18.2 Å². The monoisotopic (exact) mass is 289 g/mol. The van der Waals surface area contributed by atoms with Crippen LogP contribution in [0.2, 0.25) is 5.02 Å². The van der Waals surface area contributed by atoms with Crippen LogP contribution in [-0.2, 0) is 0 Å². The highest BCUT2D eigenvalue weighted by Gasteiger charge is 2.11. The highest BCUT2D eigenvalue weighted by Crippen LogP contribution is 2.25. The normalized spacial score (nSPS) is 9.85. The van der Waals surface area contributed by atoms with Gasteiger partial charge in [0.05, 0.1) is 5.02 Å². The smallest absolute Gasteiger partial charge is 0.200 e. The van der Waals surface area contributed by atoms with Gasteiger partial charge < -0.3 is 4.74 Å². The predicted molar refractivity (Wildman–Crippen MR) is 72.4 cm³/mol. The van der Waals surface area contributed by atoms with Crippen molar-refractivity contribution in [2.24, 2.45) is 0 Å². The third-order valence-corrected chi connectivity index (χ3v) is 2.91. The molecule has 100 valence electrons. The van der Waals surface area contributed by atoms with Crippen molar-refractivity contribution in [3.8, 4) is 11.8 Å². The Morgan fingerprint density at radius 3 is 2.75 bits per heavy atom. The van der Waals surface area contributed by atoms with Gasteiger partial charge in [-0.15, -0.1) is 0 Å². The molecule has 0 spiro atoms. The lowest BCUT2D eigenvalue weighted by Crippen LogP contribution is -2.12. The average molecular weight is 290 g/mol. The Balaban J connectivity index is 2.12. The Kier molecular flexibility index (Phi) is 4.34. The highest BCUT2D eigenvalue weighted by molar-refractivity contribution is 6.31. The minimum atomic E-state index is -0.490. The number of benzene rings is 2. The van der Waals surface area contributed by atoms with Crippen molar-refractivity contribution in [3.63, 3.8) is 0 Å². The fourth-order valence-electron chi connectivity index (χ4n) is 1.62. The second-order valence-corrected chi connectivity index (χ2v) is 4.35. The van der Waals surface area contributed by atoms with Crippen LogP contribution in [0, 0.1) is 17.1 Å². The Hall–Kier alpha value is -2.38. The summed E-state index contributed by atoms with van der Waals surface area (Å²) >= 11 is 5.85. The quantitative estimate of drug-likeness (QED) is 0.808. The van der Waals surface area contributed by atoms with Crippen molar-refractivity contribution in [3.05, 3.63) is 64.4 Å². The first-order valence-corrected chi connectivity index (χ1v) is 6.10. The van der Waals surface area contributed by atoms with Gasteiger partial charge in [-0.1, -0.05) is 29.8 Å². The van der Waals surface area contributed by atoms with Crippen LogP contribution in [0.1, 0.15) is 15.9 Å². The molecule has 0 aliphatic rings. The van der Waals surface area contributed by atoms with Gasteiger partial charge in [0.25, 0.3) is 0 Å². The van der Waals surface area contributed by atoms with Crippen LogP contribution < -0.4 is 4.74 Å². The maximum Gasteiger partial charge on any atom is 0.200 e. The maximum atomic E-state index is 13.0. The molecule has 0 atom stereocenters. The fourth-order valence-corrected chi connectivity index (χ4v) is 1.83. The molecule has 0 radical (unpaired) electrons. The van der Waals surface area contributed by atoms with E-state index in [4.69, 9.17) is 21.6 Å². The molecule has 2 aromatic carbocycles. The summed E-state index contributed by atoms with van der Waals surface area (Å²) in [7, 11) is 0. The minimum absolute atomic E-state index is 0.168. The van der Waals surface area contributed by atoms with E-state index in [0.29, 0.717) is 0 Å². The van der Waals surface area contributed by atoms with Crippen molar-refractivity contribution < 1.29 is 13.9 Å². The molecule has 2 rings (SSSR count). The van der Waals surface area contributed by atoms with E-state index >= 15 is 0 Å². The summed E-state index contributed by atoms with van der Waals surface area (Å²) in [5.74, 6) is -0.644. The number of rotatable bonds is 4. The summed E-state index contributed by atoms with van der Waals surface area (Å²) in [5, 5.41) is 9.22. The van der Waals surface area contributed by atoms with E-state index < -0.39 is 5.82 Å². The Labute approximate surface area is 120 Å². The second-order valence-electron chi connectivity index (χ2n) is 3.95. The summed E-state index contributed by atoms with van der Waals surface area (Å²) < 4.78 is 18.3. The molecule has 2 aromatic rings. The van der Waals surface area contributed by atoms with Crippen LogP contribution in [0.25, 0.3) is 0 Å². The third kappa shape index (κ3) is 3.14. The maximum absolute atomic E-state index is 13.0. The van der Waals surface area contributed by atoms with Gasteiger partial charge in [-0.25, -0.2) is 4.39 Å². The number of halogens is 2. The lowest BCUT2D eigenvalue weighted by atomic mass is 10.1. The first kappa shape index (κ1) is 14.0. The van der Waals surface area contributed by atoms with Gasteiger partial charge in [0.2, 0.25) is 0 Å². The van der Waals surface area contributed by atoms with Gasteiger partial charge in [0.1, 0.15) is 23.2 Å². The van der Waals surface area contributed by atoms with Crippen LogP contribution in [0.4, 0.5) is 4.39 Å². The molecule has 0 N–H and O–H groups in total. The van der Waals surface area contributed by atoms with Gasteiger partial charge in [-0.3, -0.25) is 4.79 Å². The van der Waals surface area contributed by atoms with Crippen LogP contribution in [-0.4, -0.2) is 12.4 Å². The molecule has 0 aliphatic carbocycles. The molecule has 0 amide bonds. The number of carbonyl (C=O) groups is 1. The van der Waals surface area contributed by atoms with Crippen LogP contribution in [0.15, 0.2) is 42.5 Å². The molecule has 5 heteroatoms. The Morgan fingerprint density at radius 1 is 1.30 bits per heavy atom. The number of carbonyl (C=O) groups excluding carboxylic acids is 1. The standard InChI is InChI=1S/C15H9ClFNO2/c16-13-5-2-6-15(12(13)8-18)20-9-14(19)10-3-1-4-11(17)7-10/h1-7H,9H2. The van der Waals surface area contributed by atoms with Crippen LogP contribution >= 0.6 is 11.6 Å². The zero-order chi connectivity index (χ0) is 14.5. The first-order chi connectivity index (χ1) is 9.61. The number of hydrogen-bond donors (Lipinski definition) is 0. The van der Waals surface area contributed by atoms with E-state index in [2.05, 4.69) is 0 Å². The van der Waals surface area contributed by atoms with E-state index in [1.807, 2.05) is 6.07 Å². The van der Waals surface area contributed by atoms with Crippen LogP contribution in [0.3, 0.4) is 0 Å². The molecule has 20 heavy (non-hydrogen) atoms. The number of nitriles is 1. The summed E-state index contributed by atoms with van der Waals surface area (Å²) in [6, 6.07) is 12.0. The third-order valence-electron chi connectivity index (χ3n) is 2.59. The minimum Gasteiger partial charge on any atom is -0.484 e. The van der Waals surface area contributed by atoms with Gasteiger partial charge in [0.15, 0.2) is 12.4 Å². The van der Waals surface area contributed by atoms with Gasteiger partial charge in [0, 0.05) is 5.56 Å². The van der Waals surface area contributed by atoms with Gasteiger partial charge in [-0.2, -0.15) is 5.26 Å². The predicted octanol–water partition coefficient (Wildman–Crippen LogP) is 3.61. The number of hydrogen-bond acceptors (Lipinski definition) is 3. The largest absolute Gasteiger partial charge is 0.484 e. The zero-order valence-corrected chi connectivity index (χ0v) is 11.0. The molecule has 0 saturated heterocycles. The number of nitrogens with zero attached hydrogens (tertiary/aromatic N) is 1. The second kappa shape index (κ2) is 6.18.